The van der Waals surface area contributed by atoms with Gasteiger partial charge in [-0.2, -0.15) is 0 Å². The molecule has 0 aliphatic heterocycles. The van der Waals surface area contributed by atoms with Crippen LogP contribution in [0.1, 0.15) is 21.4 Å². The van der Waals surface area contributed by atoms with Gasteiger partial charge in [-0.15, -0.1) is 11.3 Å². The summed E-state index contributed by atoms with van der Waals surface area (Å²) in [5.74, 6) is 1.61. The van der Waals surface area contributed by atoms with Crippen molar-refractivity contribution in [2.45, 2.75) is 26.9 Å². The van der Waals surface area contributed by atoms with Crippen LogP contribution < -0.4 is 10.6 Å². The SMILES string of the molecule is CN=C(NCc1ncc(-c2ccccc2)[nH]1)NCc1sc(C)nc1C. The summed E-state index contributed by atoms with van der Waals surface area (Å²) in [5.41, 5.74) is 3.21. The number of aromatic amines is 1. The third-order valence-electron chi connectivity index (χ3n) is 3.78. The Morgan fingerprint density at radius 1 is 1.16 bits per heavy atom. The molecule has 0 saturated heterocycles. The van der Waals surface area contributed by atoms with E-state index in [-0.39, 0.29) is 0 Å². The Morgan fingerprint density at radius 3 is 2.60 bits per heavy atom. The zero-order chi connectivity index (χ0) is 17.6. The summed E-state index contributed by atoms with van der Waals surface area (Å²) in [4.78, 5) is 17.7. The van der Waals surface area contributed by atoms with Crippen LogP contribution >= 0.6 is 11.3 Å². The van der Waals surface area contributed by atoms with Crippen molar-refractivity contribution < 1.29 is 0 Å². The minimum atomic E-state index is 0.577. The van der Waals surface area contributed by atoms with E-state index in [9.17, 15) is 0 Å². The van der Waals surface area contributed by atoms with Crippen LogP contribution in [0.15, 0.2) is 41.5 Å². The summed E-state index contributed by atoms with van der Waals surface area (Å²) < 4.78 is 0. The minimum absolute atomic E-state index is 0.577. The number of nitrogens with one attached hydrogen (secondary N) is 3. The van der Waals surface area contributed by atoms with Crippen LogP contribution in [0.25, 0.3) is 11.3 Å². The molecule has 2 aromatic heterocycles. The lowest BCUT2D eigenvalue weighted by Crippen LogP contribution is -2.36. The maximum Gasteiger partial charge on any atom is 0.191 e. The highest BCUT2D eigenvalue weighted by molar-refractivity contribution is 7.11. The Bertz CT molecular complexity index is 850. The molecule has 0 saturated carbocycles. The van der Waals surface area contributed by atoms with Gasteiger partial charge in [0.1, 0.15) is 5.82 Å². The van der Waals surface area contributed by atoms with E-state index in [4.69, 9.17) is 0 Å². The molecule has 6 nitrogen and oxygen atoms in total. The maximum atomic E-state index is 4.44. The predicted octanol–water partition coefficient (Wildman–Crippen LogP) is 3.02. The van der Waals surface area contributed by atoms with Crippen molar-refractivity contribution in [1.82, 2.24) is 25.6 Å². The van der Waals surface area contributed by atoms with Crippen molar-refractivity contribution in [2.24, 2.45) is 4.99 Å². The highest BCUT2D eigenvalue weighted by Crippen LogP contribution is 2.17. The molecule has 0 amide bonds. The number of nitrogens with zero attached hydrogens (tertiary/aromatic N) is 3. The first-order valence-corrected chi connectivity index (χ1v) is 8.94. The van der Waals surface area contributed by atoms with Crippen molar-refractivity contribution >= 4 is 17.3 Å². The summed E-state index contributed by atoms with van der Waals surface area (Å²) in [5, 5.41) is 7.68. The van der Waals surface area contributed by atoms with Crippen molar-refractivity contribution in [2.75, 3.05) is 7.05 Å². The van der Waals surface area contributed by atoms with E-state index in [0.717, 1.165) is 33.7 Å². The average molecular weight is 354 g/mol. The fraction of sp³-hybridized carbons (Fsp3) is 0.278. The summed E-state index contributed by atoms with van der Waals surface area (Å²) in [6, 6.07) is 10.2. The van der Waals surface area contributed by atoms with Crippen molar-refractivity contribution in [1.29, 1.82) is 0 Å². The van der Waals surface area contributed by atoms with Crippen molar-refractivity contribution in [3.05, 3.63) is 57.9 Å². The number of aromatic nitrogens is 3. The van der Waals surface area contributed by atoms with E-state index >= 15 is 0 Å². The normalized spacial score (nSPS) is 11.6. The molecule has 0 unspecified atom stereocenters. The number of guanidine groups is 1. The highest BCUT2D eigenvalue weighted by Gasteiger charge is 2.07. The van der Waals surface area contributed by atoms with Gasteiger partial charge in [-0.25, -0.2) is 9.97 Å². The maximum absolute atomic E-state index is 4.44. The molecule has 0 fully saturated rings. The second kappa shape index (κ2) is 7.94. The summed E-state index contributed by atoms with van der Waals surface area (Å²) in [6.07, 6.45) is 1.85. The number of hydrogen-bond donors (Lipinski definition) is 3. The first-order valence-electron chi connectivity index (χ1n) is 8.12. The molecule has 0 aliphatic rings. The van der Waals surface area contributed by atoms with E-state index in [1.165, 1.54) is 4.88 Å². The Kier molecular flexibility index (Phi) is 5.45. The molecule has 25 heavy (non-hydrogen) atoms. The van der Waals surface area contributed by atoms with Gasteiger partial charge in [-0.3, -0.25) is 4.99 Å². The Hall–Kier alpha value is -2.67. The smallest absolute Gasteiger partial charge is 0.191 e. The minimum Gasteiger partial charge on any atom is -0.351 e. The number of aryl methyl sites for hydroxylation is 2. The highest BCUT2D eigenvalue weighted by atomic mass is 32.1. The van der Waals surface area contributed by atoms with Gasteiger partial charge in [0.05, 0.1) is 35.7 Å². The quantitative estimate of drug-likeness (QED) is 0.486. The van der Waals surface area contributed by atoms with Gasteiger partial charge in [0.25, 0.3) is 0 Å². The van der Waals surface area contributed by atoms with E-state index in [0.29, 0.717) is 13.1 Å². The Morgan fingerprint density at radius 2 is 1.92 bits per heavy atom. The molecule has 7 heteroatoms. The van der Waals surface area contributed by atoms with Crippen LogP contribution in [0, 0.1) is 13.8 Å². The molecule has 0 bridgehead atoms. The number of benzene rings is 1. The van der Waals surface area contributed by atoms with Crippen LogP contribution in [0.5, 0.6) is 0 Å². The zero-order valence-corrected chi connectivity index (χ0v) is 15.4. The van der Waals surface area contributed by atoms with Crippen LogP contribution in [0.2, 0.25) is 0 Å². The van der Waals surface area contributed by atoms with E-state index < -0.39 is 0 Å². The number of aliphatic imine (C=N–C) groups is 1. The second-order valence-corrected chi connectivity index (χ2v) is 6.92. The lowest BCUT2D eigenvalue weighted by molar-refractivity contribution is 0.783. The third kappa shape index (κ3) is 4.45. The molecule has 3 aromatic rings. The number of hydrogen-bond acceptors (Lipinski definition) is 4. The third-order valence-corrected chi connectivity index (χ3v) is 4.85. The molecule has 2 heterocycles. The first kappa shape index (κ1) is 17.2. The summed E-state index contributed by atoms with van der Waals surface area (Å²) in [6.45, 7) is 5.35. The van der Waals surface area contributed by atoms with Gasteiger partial charge >= 0.3 is 0 Å². The van der Waals surface area contributed by atoms with E-state index in [2.05, 4.69) is 42.7 Å². The largest absolute Gasteiger partial charge is 0.351 e. The van der Waals surface area contributed by atoms with Gasteiger partial charge < -0.3 is 15.6 Å². The van der Waals surface area contributed by atoms with Gasteiger partial charge in [0, 0.05) is 11.9 Å². The van der Waals surface area contributed by atoms with Crippen molar-refractivity contribution in [3.8, 4) is 11.3 Å². The topological polar surface area (TPSA) is 78.0 Å². The summed E-state index contributed by atoms with van der Waals surface area (Å²) >= 11 is 1.71. The molecule has 0 radical (unpaired) electrons. The molecule has 3 N–H and O–H groups in total. The van der Waals surface area contributed by atoms with Gasteiger partial charge in [-0.05, 0) is 19.4 Å². The molecular weight excluding hydrogens is 332 g/mol. The second-order valence-electron chi connectivity index (χ2n) is 5.63. The standard InChI is InChI=1S/C18H22N6S/c1-12-16(25-13(2)23-12)10-21-18(19-3)22-11-17-20-9-15(24-17)14-7-5-4-6-8-14/h4-9H,10-11H2,1-3H3,(H,20,24)(H2,19,21,22). The molecule has 130 valence electrons. The zero-order valence-electron chi connectivity index (χ0n) is 14.6. The number of imidazole rings is 1. The molecule has 0 atom stereocenters. The fourth-order valence-corrected chi connectivity index (χ4v) is 3.38. The Balaban J connectivity index is 1.55. The average Bonchev–Trinajstić information content (AvgIpc) is 3.22. The fourth-order valence-electron chi connectivity index (χ4n) is 2.51. The van der Waals surface area contributed by atoms with Crippen LogP contribution in [0.3, 0.4) is 0 Å². The van der Waals surface area contributed by atoms with E-state index in [1.54, 1.807) is 18.4 Å². The van der Waals surface area contributed by atoms with Crippen molar-refractivity contribution in [3.63, 3.8) is 0 Å². The predicted molar refractivity (Wildman–Crippen MR) is 103 cm³/mol. The Labute approximate surface area is 151 Å². The molecule has 0 spiro atoms. The first-order chi connectivity index (χ1) is 12.2. The van der Waals surface area contributed by atoms with E-state index in [1.807, 2.05) is 38.2 Å². The molecule has 1 aromatic carbocycles. The molecular formula is C18H22N6S. The number of rotatable bonds is 5. The lowest BCUT2D eigenvalue weighted by atomic mass is 10.2. The molecule has 0 aliphatic carbocycles. The van der Waals surface area contributed by atoms with Crippen LogP contribution in [-0.2, 0) is 13.1 Å². The number of thiazole rings is 1. The summed E-state index contributed by atoms with van der Waals surface area (Å²) in [7, 11) is 1.76. The molecule has 3 rings (SSSR count). The monoisotopic (exact) mass is 354 g/mol. The lowest BCUT2D eigenvalue weighted by Gasteiger charge is -2.10. The number of H-pyrrole nitrogens is 1. The van der Waals surface area contributed by atoms with Crippen LogP contribution in [0.4, 0.5) is 0 Å². The van der Waals surface area contributed by atoms with Gasteiger partial charge in [0.2, 0.25) is 0 Å². The van der Waals surface area contributed by atoms with Gasteiger partial charge in [-0.1, -0.05) is 30.3 Å². The van der Waals surface area contributed by atoms with Gasteiger partial charge in [0.15, 0.2) is 5.96 Å². The van der Waals surface area contributed by atoms with Crippen LogP contribution in [-0.4, -0.2) is 28.0 Å².